The molecule has 0 aliphatic heterocycles. The highest BCUT2D eigenvalue weighted by Gasteiger charge is 1.99. The predicted molar refractivity (Wildman–Crippen MR) is 175 cm³/mol. The van der Waals surface area contributed by atoms with E-state index < -0.39 is 0 Å². The zero-order valence-electron chi connectivity index (χ0n) is 27.7. The molecule has 0 spiro atoms. The normalized spacial score (nSPS) is 11.4. The van der Waals surface area contributed by atoms with E-state index in [0.717, 1.165) is 13.0 Å². The Hall–Kier alpha value is -1.50. The molecule has 0 unspecified atom stereocenters. The van der Waals surface area contributed by atoms with E-state index in [1.807, 2.05) is 18.2 Å². The Balaban J connectivity index is 1.63. The van der Waals surface area contributed by atoms with Crippen LogP contribution in [0.2, 0.25) is 0 Å². The van der Waals surface area contributed by atoms with Gasteiger partial charge in [0, 0.05) is 6.61 Å². The molecule has 0 saturated heterocycles. The third kappa shape index (κ3) is 29.2. The molecule has 10 heteroatoms. The van der Waals surface area contributed by atoms with Gasteiger partial charge in [-0.15, -0.1) is 0 Å². The van der Waals surface area contributed by atoms with Crippen molar-refractivity contribution >= 4 is 5.69 Å². The number of para-hydroxylation sites is 2. The zero-order chi connectivity index (χ0) is 31.4. The van der Waals surface area contributed by atoms with Crippen LogP contribution in [0, 0.1) is 0 Å². The molecule has 1 aromatic rings. The molecule has 258 valence electrons. The topological polar surface area (TPSA) is 109 Å². The fourth-order valence-electron chi connectivity index (χ4n) is 4.16. The van der Waals surface area contributed by atoms with Crippen molar-refractivity contribution in [3.63, 3.8) is 0 Å². The van der Waals surface area contributed by atoms with Crippen LogP contribution in [0.3, 0.4) is 0 Å². The van der Waals surface area contributed by atoms with Crippen molar-refractivity contribution in [3.05, 3.63) is 24.3 Å². The standard InChI is InChI=1S/C34H63NO9/c1-2-3-4-5-6-7-8-9-10-13-16-36-17-18-37-19-20-38-21-22-39-23-24-40-25-26-41-27-28-42-29-30-43-31-32-44-34-15-12-11-14-33(34)35/h11-12,14-15H,2-10,13,16-32,35H2,1H3. The fraction of sp³-hybridized carbons (Fsp3) is 0.824. The molecule has 0 aromatic heterocycles. The third-order valence-corrected chi connectivity index (χ3v) is 6.65. The van der Waals surface area contributed by atoms with Gasteiger partial charge in [0.05, 0.1) is 105 Å². The molecule has 0 atom stereocenters. The molecule has 0 aliphatic rings. The lowest BCUT2D eigenvalue weighted by atomic mass is 10.1. The molecule has 44 heavy (non-hydrogen) atoms. The summed E-state index contributed by atoms with van der Waals surface area (Å²) in [4.78, 5) is 0. The van der Waals surface area contributed by atoms with Gasteiger partial charge in [0.1, 0.15) is 12.4 Å². The minimum atomic E-state index is 0.446. The number of nitrogen functional groups attached to an aromatic ring is 1. The summed E-state index contributed by atoms with van der Waals surface area (Å²) in [5.41, 5.74) is 6.45. The molecule has 1 rings (SSSR count). The van der Waals surface area contributed by atoms with E-state index in [9.17, 15) is 0 Å². The van der Waals surface area contributed by atoms with Crippen LogP contribution in [-0.4, -0.2) is 112 Å². The van der Waals surface area contributed by atoms with Gasteiger partial charge in [-0.3, -0.25) is 0 Å². The smallest absolute Gasteiger partial charge is 0.142 e. The summed E-state index contributed by atoms with van der Waals surface area (Å²) in [6, 6.07) is 7.40. The number of hydrogen-bond acceptors (Lipinski definition) is 10. The lowest BCUT2D eigenvalue weighted by Gasteiger charge is -2.09. The SMILES string of the molecule is CCCCCCCCCCCCOCCOCCOCCOCCOCCOCCOCCOCCOc1ccccc1N. The highest BCUT2D eigenvalue weighted by molar-refractivity contribution is 5.51. The Kier molecular flexibility index (Phi) is 31.7. The second kappa shape index (κ2) is 34.4. The van der Waals surface area contributed by atoms with Crippen LogP contribution in [0.15, 0.2) is 24.3 Å². The van der Waals surface area contributed by atoms with Crippen LogP contribution in [0.25, 0.3) is 0 Å². The summed E-state index contributed by atoms with van der Waals surface area (Å²) in [5, 5.41) is 0. The first-order valence-corrected chi connectivity index (χ1v) is 16.9. The van der Waals surface area contributed by atoms with Crippen molar-refractivity contribution in [2.24, 2.45) is 0 Å². The second-order valence-corrected chi connectivity index (χ2v) is 10.5. The van der Waals surface area contributed by atoms with Gasteiger partial charge >= 0.3 is 0 Å². The van der Waals surface area contributed by atoms with Crippen LogP contribution in [0.4, 0.5) is 5.69 Å². The summed E-state index contributed by atoms with van der Waals surface area (Å²) in [5.74, 6) is 0.675. The van der Waals surface area contributed by atoms with Gasteiger partial charge in [-0.1, -0.05) is 76.8 Å². The third-order valence-electron chi connectivity index (χ3n) is 6.65. The monoisotopic (exact) mass is 629 g/mol. The Bertz CT molecular complexity index is 698. The molecule has 10 nitrogen and oxygen atoms in total. The van der Waals surface area contributed by atoms with E-state index in [1.54, 1.807) is 6.07 Å². The molecule has 0 saturated carbocycles. The van der Waals surface area contributed by atoms with Crippen molar-refractivity contribution < 1.29 is 42.6 Å². The average Bonchev–Trinajstić information content (AvgIpc) is 3.03. The minimum Gasteiger partial charge on any atom is -0.489 e. The maximum absolute atomic E-state index is 5.82. The van der Waals surface area contributed by atoms with E-state index in [0.29, 0.717) is 117 Å². The quantitative estimate of drug-likeness (QED) is 0.0733. The molecule has 0 radical (unpaired) electrons. The van der Waals surface area contributed by atoms with E-state index in [-0.39, 0.29) is 0 Å². The Morgan fingerprint density at radius 1 is 0.386 bits per heavy atom. The fourth-order valence-corrected chi connectivity index (χ4v) is 4.16. The van der Waals surface area contributed by atoms with Gasteiger partial charge in [0.2, 0.25) is 0 Å². The first-order valence-electron chi connectivity index (χ1n) is 16.9. The van der Waals surface area contributed by atoms with Crippen LogP contribution in [0.1, 0.15) is 71.1 Å². The number of benzene rings is 1. The molecule has 2 N–H and O–H groups in total. The van der Waals surface area contributed by atoms with E-state index in [2.05, 4.69) is 6.92 Å². The highest BCUT2D eigenvalue weighted by Crippen LogP contribution is 2.19. The lowest BCUT2D eigenvalue weighted by Crippen LogP contribution is -2.15. The number of rotatable bonds is 36. The molecular weight excluding hydrogens is 566 g/mol. The first-order chi connectivity index (χ1) is 21.8. The molecule has 0 aliphatic carbocycles. The average molecular weight is 630 g/mol. The van der Waals surface area contributed by atoms with Crippen LogP contribution in [0.5, 0.6) is 5.75 Å². The van der Waals surface area contributed by atoms with Gasteiger partial charge in [-0.2, -0.15) is 0 Å². The molecule has 0 bridgehead atoms. The highest BCUT2D eigenvalue weighted by atomic mass is 16.6. The lowest BCUT2D eigenvalue weighted by molar-refractivity contribution is -0.0236. The summed E-state index contributed by atoms with van der Waals surface area (Å²) in [7, 11) is 0. The van der Waals surface area contributed by atoms with Gasteiger partial charge in [-0.25, -0.2) is 0 Å². The summed E-state index contributed by atoms with van der Waals surface area (Å²) in [6.45, 7) is 11.7. The van der Waals surface area contributed by atoms with Crippen molar-refractivity contribution in [2.45, 2.75) is 71.1 Å². The number of anilines is 1. The number of hydrogen-bond donors (Lipinski definition) is 1. The van der Waals surface area contributed by atoms with Gasteiger partial charge in [-0.05, 0) is 18.6 Å². The van der Waals surface area contributed by atoms with Crippen LogP contribution >= 0.6 is 0 Å². The minimum absolute atomic E-state index is 0.446. The molecular formula is C34H63NO9. The van der Waals surface area contributed by atoms with Crippen molar-refractivity contribution in [1.29, 1.82) is 0 Å². The van der Waals surface area contributed by atoms with Crippen LogP contribution < -0.4 is 10.5 Å². The summed E-state index contributed by atoms with van der Waals surface area (Å²) in [6.07, 6.45) is 13.4. The molecule has 0 amide bonds. The molecule has 1 aromatic carbocycles. The summed E-state index contributed by atoms with van der Waals surface area (Å²) >= 11 is 0. The molecule has 0 heterocycles. The van der Waals surface area contributed by atoms with Crippen molar-refractivity contribution in [2.75, 3.05) is 118 Å². The van der Waals surface area contributed by atoms with E-state index >= 15 is 0 Å². The number of nitrogens with two attached hydrogens (primary N) is 1. The van der Waals surface area contributed by atoms with Crippen molar-refractivity contribution in [1.82, 2.24) is 0 Å². The van der Waals surface area contributed by atoms with Crippen LogP contribution in [-0.2, 0) is 37.9 Å². The van der Waals surface area contributed by atoms with Gasteiger partial charge < -0.3 is 48.4 Å². The maximum Gasteiger partial charge on any atom is 0.142 e. The molecule has 0 fully saturated rings. The Morgan fingerprint density at radius 3 is 1.09 bits per heavy atom. The first kappa shape index (κ1) is 40.5. The van der Waals surface area contributed by atoms with Gasteiger partial charge in [0.25, 0.3) is 0 Å². The predicted octanol–water partition coefficient (Wildman–Crippen LogP) is 5.70. The van der Waals surface area contributed by atoms with E-state index in [1.165, 1.54) is 57.8 Å². The largest absolute Gasteiger partial charge is 0.489 e. The van der Waals surface area contributed by atoms with Gasteiger partial charge in [0.15, 0.2) is 0 Å². The Morgan fingerprint density at radius 2 is 0.705 bits per heavy atom. The maximum atomic E-state index is 5.82. The van der Waals surface area contributed by atoms with E-state index in [4.69, 9.17) is 48.4 Å². The zero-order valence-corrected chi connectivity index (χ0v) is 27.7. The number of ether oxygens (including phenoxy) is 9. The second-order valence-electron chi connectivity index (χ2n) is 10.5. The van der Waals surface area contributed by atoms with Crippen molar-refractivity contribution in [3.8, 4) is 5.75 Å². The summed E-state index contributed by atoms with van der Waals surface area (Å²) < 4.78 is 49.7. The Labute approximate surface area is 267 Å². The number of unbranched alkanes of at least 4 members (excludes halogenated alkanes) is 9.